The first-order chi connectivity index (χ1) is 12.4. The smallest absolute Gasteiger partial charge is 0.222 e. The Morgan fingerprint density at radius 3 is 2.67 bits per heavy atom. The van der Waals surface area contributed by atoms with Crippen molar-refractivity contribution < 1.29 is 4.79 Å². The molecule has 1 heterocycles. The summed E-state index contributed by atoms with van der Waals surface area (Å²) < 4.78 is 0. The van der Waals surface area contributed by atoms with Crippen LogP contribution in [-0.2, 0) is 10.2 Å². The van der Waals surface area contributed by atoms with Crippen LogP contribution in [0.1, 0.15) is 45.6 Å². The van der Waals surface area contributed by atoms with E-state index < -0.39 is 0 Å². The molecule has 1 aliphatic rings. The fraction of sp³-hybridized carbons (Fsp3) is 0.600. The second kappa shape index (κ2) is 11.7. The van der Waals surface area contributed by atoms with E-state index in [1.165, 1.54) is 0 Å². The van der Waals surface area contributed by atoms with Crippen LogP contribution in [0.2, 0.25) is 5.02 Å². The van der Waals surface area contributed by atoms with Gasteiger partial charge in [-0.25, -0.2) is 0 Å². The van der Waals surface area contributed by atoms with Gasteiger partial charge in [-0.1, -0.05) is 43.6 Å². The van der Waals surface area contributed by atoms with Crippen molar-refractivity contribution in [3.8, 4) is 0 Å². The van der Waals surface area contributed by atoms with E-state index in [-0.39, 0.29) is 35.3 Å². The standard InChI is InChI=1S/C20H31ClN4O.HI/c1-4-22-19(23-12-8-14-25-13-7-11-18(25)26)24-15-20(2,3)16-9-5-6-10-17(16)21;/h5-6,9-10H,4,7-8,11-15H2,1-3H3,(H2,22,23,24);1H. The van der Waals surface area contributed by atoms with Gasteiger partial charge in [0.1, 0.15) is 0 Å². The van der Waals surface area contributed by atoms with Crippen molar-refractivity contribution in [1.29, 1.82) is 0 Å². The predicted molar refractivity (Wildman–Crippen MR) is 124 cm³/mol. The van der Waals surface area contributed by atoms with Crippen molar-refractivity contribution in [3.63, 3.8) is 0 Å². The minimum atomic E-state index is -0.150. The number of hydrogen-bond donors (Lipinski definition) is 2. The molecule has 0 bridgehead atoms. The van der Waals surface area contributed by atoms with Gasteiger partial charge >= 0.3 is 0 Å². The van der Waals surface area contributed by atoms with Gasteiger partial charge in [0.05, 0.1) is 6.54 Å². The van der Waals surface area contributed by atoms with E-state index in [0.29, 0.717) is 13.0 Å². The van der Waals surface area contributed by atoms with E-state index in [9.17, 15) is 4.79 Å². The van der Waals surface area contributed by atoms with Crippen LogP contribution in [0.5, 0.6) is 0 Å². The molecule has 2 rings (SSSR count). The zero-order valence-corrected chi connectivity index (χ0v) is 19.6. The molecule has 0 spiro atoms. The van der Waals surface area contributed by atoms with Gasteiger partial charge < -0.3 is 15.5 Å². The van der Waals surface area contributed by atoms with Gasteiger partial charge in [0.25, 0.3) is 0 Å². The van der Waals surface area contributed by atoms with Crippen LogP contribution in [0.3, 0.4) is 0 Å². The highest BCUT2D eigenvalue weighted by atomic mass is 127. The van der Waals surface area contributed by atoms with Gasteiger partial charge in [0, 0.05) is 43.0 Å². The molecule has 1 aliphatic heterocycles. The molecule has 152 valence electrons. The molecule has 1 aromatic carbocycles. The molecule has 0 saturated carbocycles. The molecule has 1 fully saturated rings. The maximum atomic E-state index is 11.6. The maximum absolute atomic E-state index is 11.6. The van der Waals surface area contributed by atoms with Gasteiger partial charge in [0.15, 0.2) is 5.96 Å². The van der Waals surface area contributed by atoms with Crippen LogP contribution in [0.25, 0.3) is 0 Å². The molecule has 1 saturated heterocycles. The summed E-state index contributed by atoms with van der Waals surface area (Å²) in [7, 11) is 0. The monoisotopic (exact) mass is 506 g/mol. The number of hydrogen-bond acceptors (Lipinski definition) is 2. The first-order valence-electron chi connectivity index (χ1n) is 9.49. The minimum Gasteiger partial charge on any atom is -0.357 e. The minimum absolute atomic E-state index is 0. The number of carbonyl (C=O) groups is 1. The van der Waals surface area contributed by atoms with Crippen LogP contribution in [0.4, 0.5) is 0 Å². The highest BCUT2D eigenvalue weighted by Crippen LogP contribution is 2.29. The summed E-state index contributed by atoms with van der Waals surface area (Å²) in [6, 6.07) is 7.94. The number of likely N-dealkylation sites (tertiary alicyclic amines) is 1. The largest absolute Gasteiger partial charge is 0.357 e. The average molecular weight is 507 g/mol. The summed E-state index contributed by atoms with van der Waals surface area (Å²) in [6.07, 6.45) is 2.62. The Labute approximate surface area is 185 Å². The molecule has 27 heavy (non-hydrogen) atoms. The Bertz CT molecular complexity index is 636. The Hall–Kier alpha value is -1.02. The zero-order chi connectivity index (χ0) is 19.0. The van der Waals surface area contributed by atoms with Gasteiger partial charge in [-0.3, -0.25) is 9.79 Å². The van der Waals surface area contributed by atoms with Crippen molar-refractivity contribution in [2.45, 2.75) is 45.4 Å². The lowest BCUT2D eigenvalue weighted by atomic mass is 9.85. The number of guanidine groups is 1. The van der Waals surface area contributed by atoms with Crippen LogP contribution in [0.15, 0.2) is 29.3 Å². The molecule has 0 aromatic heterocycles. The molecule has 0 unspecified atom stereocenters. The number of carbonyl (C=O) groups excluding carboxylic acids is 1. The summed E-state index contributed by atoms with van der Waals surface area (Å²) in [6.45, 7) is 10.3. The van der Waals surface area contributed by atoms with E-state index in [4.69, 9.17) is 16.6 Å². The number of benzene rings is 1. The number of nitrogens with zero attached hydrogens (tertiary/aromatic N) is 2. The van der Waals surface area contributed by atoms with Gasteiger partial charge in [-0.2, -0.15) is 0 Å². The Morgan fingerprint density at radius 1 is 1.30 bits per heavy atom. The van der Waals surface area contributed by atoms with E-state index in [2.05, 4.69) is 37.5 Å². The van der Waals surface area contributed by atoms with Gasteiger partial charge in [0.2, 0.25) is 5.91 Å². The first kappa shape index (κ1) is 24.0. The lowest BCUT2D eigenvalue weighted by Gasteiger charge is -2.25. The Balaban J connectivity index is 0.00000364. The van der Waals surface area contributed by atoms with E-state index in [0.717, 1.165) is 55.6 Å². The molecule has 2 N–H and O–H groups in total. The van der Waals surface area contributed by atoms with Crippen molar-refractivity contribution in [1.82, 2.24) is 15.5 Å². The summed E-state index contributed by atoms with van der Waals surface area (Å²) in [5.74, 6) is 1.09. The van der Waals surface area contributed by atoms with Crippen LogP contribution in [-0.4, -0.2) is 49.5 Å². The van der Waals surface area contributed by atoms with Gasteiger partial charge in [-0.05, 0) is 31.4 Å². The maximum Gasteiger partial charge on any atom is 0.222 e. The molecule has 1 aromatic rings. The Morgan fingerprint density at radius 2 is 2.04 bits per heavy atom. The molecule has 1 amide bonds. The van der Waals surface area contributed by atoms with E-state index in [1.807, 2.05) is 23.1 Å². The molecule has 0 aliphatic carbocycles. The highest BCUT2D eigenvalue weighted by molar-refractivity contribution is 14.0. The third-order valence-corrected chi connectivity index (χ3v) is 4.98. The van der Waals surface area contributed by atoms with Crippen molar-refractivity contribution in [3.05, 3.63) is 34.9 Å². The lowest BCUT2D eigenvalue weighted by Crippen LogP contribution is -2.40. The fourth-order valence-electron chi connectivity index (χ4n) is 3.13. The van der Waals surface area contributed by atoms with E-state index >= 15 is 0 Å². The summed E-state index contributed by atoms with van der Waals surface area (Å²) in [4.78, 5) is 18.3. The van der Waals surface area contributed by atoms with Crippen LogP contribution in [0, 0.1) is 0 Å². The lowest BCUT2D eigenvalue weighted by molar-refractivity contribution is -0.127. The van der Waals surface area contributed by atoms with Crippen molar-refractivity contribution >= 4 is 47.4 Å². The second-order valence-electron chi connectivity index (χ2n) is 7.32. The summed E-state index contributed by atoms with van der Waals surface area (Å²) >= 11 is 6.35. The number of halogens is 2. The summed E-state index contributed by atoms with van der Waals surface area (Å²) in [5.41, 5.74) is 0.955. The van der Waals surface area contributed by atoms with Gasteiger partial charge in [-0.15, -0.1) is 24.0 Å². The number of nitrogens with one attached hydrogen (secondary N) is 2. The zero-order valence-electron chi connectivity index (χ0n) is 16.6. The molecule has 7 heteroatoms. The highest BCUT2D eigenvalue weighted by Gasteiger charge is 2.23. The van der Waals surface area contributed by atoms with Crippen molar-refractivity contribution in [2.75, 3.05) is 32.7 Å². The second-order valence-corrected chi connectivity index (χ2v) is 7.73. The Kier molecular flexibility index (Phi) is 10.4. The predicted octanol–water partition coefficient (Wildman–Crippen LogP) is 3.80. The topological polar surface area (TPSA) is 56.7 Å². The van der Waals surface area contributed by atoms with Crippen molar-refractivity contribution in [2.24, 2.45) is 4.99 Å². The molecular formula is C20H32ClIN4O. The van der Waals surface area contributed by atoms with Crippen LogP contribution >= 0.6 is 35.6 Å². The number of rotatable bonds is 8. The molecule has 5 nitrogen and oxygen atoms in total. The normalized spacial score (nSPS) is 14.9. The SMILES string of the molecule is CCNC(=NCC(C)(C)c1ccccc1Cl)NCCCN1CCCC1=O.I. The first-order valence-corrected chi connectivity index (χ1v) is 9.87. The molecular weight excluding hydrogens is 475 g/mol. The summed E-state index contributed by atoms with van der Waals surface area (Å²) in [5, 5.41) is 7.43. The number of aliphatic imine (C=N–C) groups is 1. The number of amides is 1. The fourth-order valence-corrected chi connectivity index (χ4v) is 3.52. The third-order valence-electron chi connectivity index (χ3n) is 4.65. The molecule has 0 radical (unpaired) electrons. The van der Waals surface area contributed by atoms with E-state index in [1.54, 1.807) is 0 Å². The average Bonchev–Trinajstić information content (AvgIpc) is 3.01. The third kappa shape index (κ3) is 7.49. The van der Waals surface area contributed by atoms with Crippen LogP contribution < -0.4 is 10.6 Å². The molecule has 0 atom stereocenters. The quantitative estimate of drug-likeness (QED) is 0.244.